The van der Waals surface area contributed by atoms with Crippen molar-refractivity contribution in [2.24, 2.45) is 15.9 Å². The normalized spacial score (nSPS) is 17.3. The number of hydrazone groups is 1. The number of nitrogens with two attached hydrogens (primary N) is 1. The first-order chi connectivity index (χ1) is 8.61. The lowest BCUT2D eigenvalue weighted by atomic mass is 10.1. The molecule has 18 heavy (non-hydrogen) atoms. The summed E-state index contributed by atoms with van der Waals surface area (Å²) in [5.74, 6) is 5.77. The van der Waals surface area contributed by atoms with Crippen LogP contribution in [-0.4, -0.2) is 28.6 Å². The van der Waals surface area contributed by atoms with E-state index in [4.69, 9.17) is 5.84 Å². The Kier molecular flexibility index (Phi) is 2.36. The summed E-state index contributed by atoms with van der Waals surface area (Å²) in [6.07, 6.45) is 1.98. The summed E-state index contributed by atoms with van der Waals surface area (Å²) in [6.45, 7) is 3.64. The molecular weight excluding hydrogens is 248 g/mol. The number of benzene rings is 1. The van der Waals surface area contributed by atoms with Gasteiger partial charge in [-0.3, -0.25) is 4.79 Å². The smallest absolute Gasteiger partial charge is 0.214 e. The summed E-state index contributed by atoms with van der Waals surface area (Å²) in [6, 6.07) is 5.65. The molecule has 0 saturated carbocycles. The van der Waals surface area contributed by atoms with E-state index in [1.54, 1.807) is 17.8 Å². The summed E-state index contributed by atoms with van der Waals surface area (Å²) in [5.41, 5.74) is 2.26. The Bertz CT molecular complexity index is 647. The monoisotopic (exact) mass is 258 g/mol. The van der Waals surface area contributed by atoms with Crippen LogP contribution in [0.5, 0.6) is 0 Å². The van der Waals surface area contributed by atoms with Crippen LogP contribution in [0.1, 0.15) is 15.9 Å². The van der Waals surface area contributed by atoms with Crippen LogP contribution in [0.2, 0.25) is 0 Å². The Labute approximate surface area is 108 Å². The highest BCUT2D eigenvalue weighted by Crippen LogP contribution is 2.28. The van der Waals surface area contributed by atoms with Gasteiger partial charge >= 0.3 is 0 Å². The number of hydrogen-bond acceptors (Lipinski definition) is 6. The molecule has 0 radical (unpaired) electrons. The van der Waals surface area contributed by atoms with Crippen LogP contribution in [0.25, 0.3) is 0 Å². The van der Waals surface area contributed by atoms with Gasteiger partial charge in [0.05, 0.1) is 0 Å². The first-order valence-electron chi connectivity index (χ1n) is 5.26. The lowest BCUT2D eigenvalue weighted by molar-refractivity contribution is 0.106. The third-order valence-corrected chi connectivity index (χ3v) is 3.60. The second-order valence-electron chi connectivity index (χ2n) is 3.91. The predicted molar refractivity (Wildman–Crippen MR) is 71.7 cm³/mol. The van der Waals surface area contributed by atoms with Crippen LogP contribution < -0.4 is 5.84 Å². The standard InChI is InChI=1S/C12H10N4OS/c1-6-14-11-10(15-16(6)13)9-5-7(18-2)3-4-8(9)12(11)17/h3-5H,1,13H2,2H3. The van der Waals surface area contributed by atoms with Gasteiger partial charge in [-0.1, -0.05) is 6.58 Å². The minimum absolute atomic E-state index is 0.120. The lowest BCUT2D eigenvalue weighted by Gasteiger charge is -2.17. The minimum atomic E-state index is -0.120. The average Bonchev–Trinajstić information content (AvgIpc) is 2.64. The maximum Gasteiger partial charge on any atom is 0.214 e. The van der Waals surface area contributed by atoms with Crippen molar-refractivity contribution < 1.29 is 4.79 Å². The summed E-state index contributed by atoms with van der Waals surface area (Å²) in [5, 5.41) is 5.25. The molecule has 0 amide bonds. The molecule has 0 spiro atoms. The molecule has 1 aliphatic heterocycles. The van der Waals surface area contributed by atoms with Crippen LogP contribution in [0.15, 0.2) is 45.6 Å². The molecule has 2 aliphatic rings. The molecule has 6 heteroatoms. The lowest BCUT2D eigenvalue weighted by Crippen LogP contribution is -2.32. The van der Waals surface area contributed by atoms with Gasteiger partial charge in [-0.15, -0.1) is 11.8 Å². The van der Waals surface area contributed by atoms with Crippen molar-refractivity contribution >= 4 is 29.0 Å². The van der Waals surface area contributed by atoms with Gasteiger partial charge in [-0.2, -0.15) is 10.2 Å². The van der Waals surface area contributed by atoms with Gasteiger partial charge in [0.25, 0.3) is 0 Å². The number of hydrogen-bond donors (Lipinski definition) is 1. The summed E-state index contributed by atoms with van der Waals surface area (Å²) < 4.78 is 0. The molecule has 90 valence electrons. The highest BCUT2D eigenvalue weighted by Gasteiger charge is 2.36. The number of Topliss-reactive ketones (excluding diaryl/α,β-unsaturated/α-hetero) is 1. The van der Waals surface area contributed by atoms with Crippen LogP contribution in [0, 0.1) is 0 Å². The fourth-order valence-electron chi connectivity index (χ4n) is 1.96. The number of ketones is 1. The number of thioether (sulfide) groups is 1. The number of nitrogens with zero attached hydrogens (tertiary/aromatic N) is 3. The van der Waals surface area contributed by atoms with E-state index in [2.05, 4.69) is 16.7 Å². The summed E-state index contributed by atoms with van der Waals surface area (Å²) >= 11 is 1.61. The van der Waals surface area contributed by atoms with E-state index in [0.717, 1.165) is 15.6 Å². The second kappa shape index (κ2) is 3.79. The van der Waals surface area contributed by atoms with Crippen molar-refractivity contribution in [3.63, 3.8) is 0 Å². The SMILES string of the molecule is C=C1N=C2C(=O)c3ccc(SC)cc3C2=NN1N. The molecule has 0 unspecified atom stereocenters. The zero-order valence-corrected chi connectivity index (χ0v) is 10.5. The molecule has 2 N–H and O–H groups in total. The van der Waals surface area contributed by atoms with Crippen LogP contribution >= 0.6 is 11.8 Å². The number of carbonyl (C=O) groups excluding carboxylic acids is 1. The molecule has 0 bridgehead atoms. The number of hydrazine groups is 1. The third kappa shape index (κ3) is 1.43. The highest BCUT2D eigenvalue weighted by atomic mass is 32.2. The maximum absolute atomic E-state index is 12.2. The Morgan fingerprint density at radius 1 is 1.33 bits per heavy atom. The molecule has 0 fully saturated rings. The van der Waals surface area contributed by atoms with Gasteiger partial charge in [0.15, 0.2) is 5.82 Å². The zero-order chi connectivity index (χ0) is 12.9. The van der Waals surface area contributed by atoms with Crippen LogP contribution in [0.4, 0.5) is 0 Å². The first-order valence-corrected chi connectivity index (χ1v) is 6.49. The largest absolute Gasteiger partial charge is 0.287 e. The van der Waals surface area contributed by atoms with Crippen molar-refractivity contribution in [2.45, 2.75) is 4.90 Å². The zero-order valence-electron chi connectivity index (χ0n) is 9.67. The molecule has 1 heterocycles. The fourth-order valence-corrected chi connectivity index (χ4v) is 2.40. The second-order valence-corrected chi connectivity index (χ2v) is 4.79. The molecule has 1 aromatic carbocycles. The van der Waals surface area contributed by atoms with E-state index in [9.17, 15) is 4.79 Å². The predicted octanol–water partition coefficient (Wildman–Crippen LogP) is 1.41. The van der Waals surface area contributed by atoms with Gasteiger partial charge in [0.1, 0.15) is 11.4 Å². The summed E-state index contributed by atoms with van der Waals surface area (Å²) in [7, 11) is 0. The number of fused-ring (bicyclic) bond motifs is 3. The fraction of sp³-hybridized carbons (Fsp3) is 0.0833. The summed E-state index contributed by atoms with van der Waals surface area (Å²) in [4.78, 5) is 17.3. The van der Waals surface area contributed by atoms with E-state index < -0.39 is 0 Å². The molecule has 1 aliphatic carbocycles. The first kappa shape index (κ1) is 11.2. The van der Waals surface area contributed by atoms with Crippen LogP contribution in [-0.2, 0) is 0 Å². The molecule has 0 aromatic heterocycles. The minimum Gasteiger partial charge on any atom is -0.287 e. The topological polar surface area (TPSA) is 71.0 Å². The maximum atomic E-state index is 12.2. The van der Waals surface area contributed by atoms with E-state index >= 15 is 0 Å². The van der Waals surface area contributed by atoms with E-state index in [1.165, 1.54) is 0 Å². The van der Waals surface area contributed by atoms with Gasteiger partial charge in [0, 0.05) is 16.0 Å². The third-order valence-electron chi connectivity index (χ3n) is 2.88. The van der Waals surface area contributed by atoms with E-state index in [-0.39, 0.29) is 11.6 Å². The van der Waals surface area contributed by atoms with E-state index in [0.29, 0.717) is 17.0 Å². The van der Waals surface area contributed by atoms with Crippen molar-refractivity contribution in [1.29, 1.82) is 0 Å². The van der Waals surface area contributed by atoms with Gasteiger partial charge in [0.2, 0.25) is 5.78 Å². The van der Waals surface area contributed by atoms with Gasteiger partial charge in [-0.25, -0.2) is 10.8 Å². The number of aliphatic imine (C=N–C) groups is 1. The van der Waals surface area contributed by atoms with Gasteiger partial charge < -0.3 is 0 Å². The van der Waals surface area contributed by atoms with Crippen molar-refractivity contribution in [3.05, 3.63) is 41.7 Å². The number of carbonyl (C=O) groups is 1. The highest BCUT2D eigenvalue weighted by molar-refractivity contribution is 7.98. The Balaban J connectivity index is 2.23. The van der Waals surface area contributed by atoms with E-state index in [1.807, 2.05) is 18.4 Å². The Morgan fingerprint density at radius 2 is 2.11 bits per heavy atom. The average molecular weight is 258 g/mol. The Hall–Kier alpha value is -1.92. The molecular formula is C12H10N4OS. The van der Waals surface area contributed by atoms with Crippen molar-refractivity contribution in [1.82, 2.24) is 5.12 Å². The molecule has 5 nitrogen and oxygen atoms in total. The molecule has 1 aromatic rings. The quantitative estimate of drug-likeness (QED) is 0.610. The van der Waals surface area contributed by atoms with Crippen LogP contribution in [0.3, 0.4) is 0 Å². The molecule has 0 atom stereocenters. The number of rotatable bonds is 1. The molecule has 0 saturated heterocycles. The van der Waals surface area contributed by atoms with Crippen molar-refractivity contribution in [3.8, 4) is 0 Å². The van der Waals surface area contributed by atoms with Gasteiger partial charge in [-0.05, 0) is 24.5 Å². The van der Waals surface area contributed by atoms with Crippen molar-refractivity contribution in [2.75, 3.05) is 6.26 Å². The Morgan fingerprint density at radius 3 is 2.83 bits per heavy atom. The molecule has 3 rings (SSSR count).